The van der Waals surface area contributed by atoms with Crippen molar-refractivity contribution in [2.24, 2.45) is 0 Å². The maximum Gasteiger partial charge on any atom is 0.258 e. The zero-order valence-electron chi connectivity index (χ0n) is 23.6. The van der Waals surface area contributed by atoms with Crippen LogP contribution in [0.1, 0.15) is 27.9 Å². The van der Waals surface area contributed by atoms with Gasteiger partial charge >= 0.3 is 0 Å². The molecule has 0 aliphatic carbocycles. The highest BCUT2D eigenvalue weighted by Gasteiger charge is 2.14. The van der Waals surface area contributed by atoms with Gasteiger partial charge < -0.3 is 24.8 Å². The molecule has 2 aromatic carbocycles. The number of benzene rings is 2. The molecule has 6 rings (SSSR count). The molecule has 0 saturated carbocycles. The number of nitrogens with zero attached hydrogens (tertiary/aromatic N) is 3. The number of ether oxygens (including phenoxy) is 2. The Bertz CT molecular complexity index is 1730. The summed E-state index contributed by atoms with van der Waals surface area (Å²) in [6.45, 7) is 7.78. The van der Waals surface area contributed by atoms with Gasteiger partial charge in [-0.25, -0.2) is 0 Å². The molecule has 0 unspecified atom stereocenters. The van der Waals surface area contributed by atoms with Gasteiger partial charge in [-0.3, -0.25) is 19.2 Å². The van der Waals surface area contributed by atoms with Gasteiger partial charge in [-0.15, -0.1) is 0 Å². The average molecular weight is 567 g/mol. The fourth-order valence-corrected chi connectivity index (χ4v) is 5.06. The van der Waals surface area contributed by atoms with Crippen molar-refractivity contribution in [1.29, 1.82) is 0 Å². The van der Waals surface area contributed by atoms with Crippen molar-refractivity contribution >= 4 is 22.5 Å². The largest absolute Gasteiger partial charge is 0.494 e. The fourth-order valence-electron chi connectivity index (χ4n) is 5.06. The van der Waals surface area contributed by atoms with E-state index in [2.05, 4.69) is 37.4 Å². The van der Waals surface area contributed by atoms with Crippen LogP contribution in [-0.2, 0) is 11.3 Å². The van der Waals surface area contributed by atoms with Gasteiger partial charge in [0.1, 0.15) is 5.75 Å². The minimum atomic E-state index is -0.310. The standard InChI is InChI=1S/C32H34N6O4/c1-22-3-5-23(6-4-22)20-38-21-25(18-34-38)31(39)35-26-17-28(32(40)33-19-26)30-16-24-15-27(7-8-29(24)36-30)42-12-2-9-37-10-13-41-14-11-37/h3-8,15-19,21,36H,2,9-14,20H2,1H3,(H,33,40)(H,35,39). The quantitative estimate of drug-likeness (QED) is 0.215. The molecule has 3 N–H and O–H groups in total. The number of aryl methyl sites for hydroxylation is 1. The Labute approximate surface area is 243 Å². The Balaban J connectivity index is 1.10. The monoisotopic (exact) mass is 566 g/mol. The van der Waals surface area contributed by atoms with Crippen molar-refractivity contribution in [3.05, 3.63) is 100 Å². The van der Waals surface area contributed by atoms with E-state index in [9.17, 15) is 9.59 Å². The molecule has 1 aliphatic rings. The van der Waals surface area contributed by atoms with E-state index in [-0.39, 0.29) is 11.5 Å². The highest BCUT2D eigenvalue weighted by Crippen LogP contribution is 2.27. The van der Waals surface area contributed by atoms with Gasteiger partial charge in [0.15, 0.2) is 0 Å². The van der Waals surface area contributed by atoms with Crippen molar-refractivity contribution in [3.8, 4) is 17.0 Å². The van der Waals surface area contributed by atoms with Crippen LogP contribution in [0.4, 0.5) is 5.69 Å². The highest BCUT2D eigenvalue weighted by atomic mass is 16.5. The SMILES string of the molecule is Cc1ccc(Cn2cc(C(=O)Nc3c[nH]c(=O)c(-c4cc5cc(OCCCN6CCOCC6)ccc5[nH]4)c3)cn2)cc1. The van der Waals surface area contributed by atoms with Crippen molar-refractivity contribution in [2.75, 3.05) is 44.8 Å². The lowest BCUT2D eigenvalue weighted by atomic mass is 10.1. The summed E-state index contributed by atoms with van der Waals surface area (Å²) in [4.78, 5) is 34.1. The van der Waals surface area contributed by atoms with Crippen LogP contribution in [0.15, 0.2) is 78.0 Å². The lowest BCUT2D eigenvalue weighted by molar-refractivity contribution is 0.0358. The number of pyridine rings is 1. The summed E-state index contributed by atoms with van der Waals surface area (Å²) in [7, 11) is 0. The summed E-state index contributed by atoms with van der Waals surface area (Å²) in [5, 5.41) is 8.13. The highest BCUT2D eigenvalue weighted by molar-refractivity contribution is 6.04. The number of H-pyrrole nitrogens is 2. The van der Waals surface area contributed by atoms with Gasteiger partial charge in [0.2, 0.25) is 0 Å². The van der Waals surface area contributed by atoms with Gasteiger partial charge in [0.05, 0.1) is 55.1 Å². The maximum absolute atomic E-state index is 12.9. The molecule has 0 atom stereocenters. The zero-order valence-corrected chi connectivity index (χ0v) is 23.6. The maximum atomic E-state index is 12.9. The van der Waals surface area contributed by atoms with Crippen molar-refractivity contribution in [1.82, 2.24) is 24.6 Å². The Kier molecular flexibility index (Phi) is 8.16. The van der Waals surface area contributed by atoms with Crippen LogP contribution in [0.3, 0.4) is 0 Å². The number of anilines is 1. The zero-order chi connectivity index (χ0) is 28.9. The molecule has 1 fully saturated rings. The van der Waals surface area contributed by atoms with E-state index in [1.165, 1.54) is 18.0 Å². The van der Waals surface area contributed by atoms with Crippen molar-refractivity contribution in [3.63, 3.8) is 0 Å². The number of aromatic amines is 2. The van der Waals surface area contributed by atoms with Gasteiger partial charge in [-0.05, 0) is 49.2 Å². The normalized spacial score (nSPS) is 13.8. The first-order valence-electron chi connectivity index (χ1n) is 14.2. The molecule has 216 valence electrons. The van der Waals surface area contributed by atoms with E-state index in [0.717, 1.165) is 61.5 Å². The second-order valence-electron chi connectivity index (χ2n) is 10.6. The van der Waals surface area contributed by atoms with E-state index in [4.69, 9.17) is 9.47 Å². The molecule has 1 saturated heterocycles. The topological polar surface area (TPSA) is 117 Å². The molecule has 0 spiro atoms. The smallest absolute Gasteiger partial charge is 0.258 e. The number of aromatic nitrogens is 4. The molecule has 4 heterocycles. The number of rotatable bonds is 10. The van der Waals surface area contributed by atoms with Crippen molar-refractivity contribution in [2.45, 2.75) is 19.9 Å². The van der Waals surface area contributed by atoms with Crippen LogP contribution in [0.2, 0.25) is 0 Å². The molecule has 10 nitrogen and oxygen atoms in total. The molecular formula is C32H34N6O4. The molecule has 1 amide bonds. The van der Waals surface area contributed by atoms with E-state index < -0.39 is 0 Å². The van der Waals surface area contributed by atoms with Gasteiger partial charge in [-0.2, -0.15) is 5.10 Å². The third kappa shape index (κ3) is 6.62. The van der Waals surface area contributed by atoms with Crippen LogP contribution in [0.5, 0.6) is 5.75 Å². The molecule has 10 heteroatoms. The first kappa shape index (κ1) is 27.5. The summed E-state index contributed by atoms with van der Waals surface area (Å²) in [6, 6.07) is 17.6. The summed E-state index contributed by atoms with van der Waals surface area (Å²) in [5.41, 5.74) is 4.90. The first-order valence-corrected chi connectivity index (χ1v) is 14.2. The van der Waals surface area contributed by atoms with Gasteiger partial charge in [0.25, 0.3) is 11.5 Å². The van der Waals surface area contributed by atoms with Crippen molar-refractivity contribution < 1.29 is 14.3 Å². The molecule has 0 bridgehead atoms. The summed E-state index contributed by atoms with van der Waals surface area (Å²) in [6.07, 6.45) is 5.68. The second-order valence-corrected chi connectivity index (χ2v) is 10.6. The van der Waals surface area contributed by atoms with Crippen LogP contribution in [0.25, 0.3) is 22.2 Å². The number of carbonyl (C=O) groups excluding carboxylic acids is 1. The minimum Gasteiger partial charge on any atom is -0.494 e. The summed E-state index contributed by atoms with van der Waals surface area (Å²) >= 11 is 0. The number of hydrogen-bond acceptors (Lipinski definition) is 6. The summed E-state index contributed by atoms with van der Waals surface area (Å²) < 4.78 is 13.1. The van der Waals surface area contributed by atoms with Crippen LogP contribution >= 0.6 is 0 Å². The van der Waals surface area contributed by atoms with Crippen LogP contribution < -0.4 is 15.6 Å². The van der Waals surface area contributed by atoms with E-state index in [1.807, 2.05) is 43.3 Å². The minimum absolute atomic E-state index is 0.259. The van der Waals surface area contributed by atoms with Crippen LogP contribution in [0, 0.1) is 6.92 Å². The van der Waals surface area contributed by atoms with E-state index >= 15 is 0 Å². The summed E-state index contributed by atoms with van der Waals surface area (Å²) in [5.74, 6) is 0.475. The molecule has 3 aromatic heterocycles. The molecule has 1 aliphatic heterocycles. The fraction of sp³-hybridized carbons (Fsp3) is 0.281. The Morgan fingerprint density at radius 3 is 2.76 bits per heavy atom. The molecule has 5 aromatic rings. The second kappa shape index (κ2) is 12.5. The van der Waals surface area contributed by atoms with Gasteiger partial charge in [-0.1, -0.05) is 29.8 Å². The molecule has 42 heavy (non-hydrogen) atoms. The number of carbonyl (C=O) groups is 1. The lowest BCUT2D eigenvalue weighted by Gasteiger charge is -2.26. The number of hydrogen-bond donors (Lipinski definition) is 3. The number of fused-ring (bicyclic) bond motifs is 1. The Morgan fingerprint density at radius 1 is 1.10 bits per heavy atom. The number of morpholine rings is 1. The first-order chi connectivity index (χ1) is 20.5. The van der Waals surface area contributed by atoms with E-state index in [0.29, 0.717) is 35.7 Å². The van der Waals surface area contributed by atoms with Gasteiger partial charge in [0, 0.05) is 42.9 Å². The predicted molar refractivity (Wildman–Crippen MR) is 162 cm³/mol. The number of amides is 1. The molecule has 0 radical (unpaired) electrons. The number of nitrogens with one attached hydrogen (secondary N) is 3. The average Bonchev–Trinajstić information content (AvgIpc) is 3.65. The third-order valence-electron chi connectivity index (χ3n) is 7.40. The Hall–Kier alpha value is -4.67. The third-order valence-corrected chi connectivity index (χ3v) is 7.40. The predicted octanol–water partition coefficient (Wildman–Crippen LogP) is 4.43. The van der Waals surface area contributed by atoms with Crippen LogP contribution in [-0.4, -0.2) is 70.0 Å². The van der Waals surface area contributed by atoms with E-state index in [1.54, 1.807) is 16.9 Å². The molecular weight excluding hydrogens is 532 g/mol. The lowest BCUT2D eigenvalue weighted by Crippen LogP contribution is -2.37. The Morgan fingerprint density at radius 2 is 1.93 bits per heavy atom.